The molecular weight excluding hydrogens is 412 g/mol. The normalized spacial score (nSPS) is 15.6. The maximum atomic E-state index is 13.3. The minimum atomic E-state index is -3.72. The minimum absolute atomic E-state index is 0.0922. The molecule has 3 aromatic carbocycles. The summed E-state index contributed by atoms with van der Waals surface area (Å²) in [5.74, 6) is -0.180. The van der Waals surface area contributed by atoms with Crippen LogP contribution in [0, 0.1) is 0 Å². The Kier molecular flexibility index (Phi) is 5.95. The summed E-state index contributed by atoms with van der Waals surface area (Å²) in [6.07, 6.45) is -0.0587. The smallest absolute Gasteiger partial charge is 0.267 e. The number of nitrogens with one attached hydrogen (secondary N) is 1. The zero-order valence-electron chi connectivity index (χ0n) is 17.2. The number of sulfonamides is 1. The van der Waals surface area contributed by atoms with Crippen molar-refractivity contribution in [2.24, 2.45) is 0 Å². The Bertz CT molecular complexity index is 1160. The molecule has 31 heavy (non-hydrogen) atoms. The largest absolute Gasteiger partial charge is 0.476 e. The molecule has 4 rings (SSSR count). The van der Waals surface area contributed by atoms with Gasteiger partial charge in [0.1, 0.15) is 5.75 Å². The van der Waals surface area contributed by atoms with Crippen molar-refractivity contribution in [1.29, 1.82) is 0 Å². The summed E-state index contributed by atoms with van der Waals surface area (Å²) < 4.78 is 33.7. The lowest BCUT2D eigenvalue weighted by Crippen LogP contribution is -2.49. The number of benzene rings is 3. The van der Waals surface area contributed by atoms with Crippen molar-refractivity contribution in [2.45, 2.75) is 25.2 Å². The first kappa shape index (κ1) is 20.9. The Labute approximate surface area is 182 Å². The molecule has 0 saturated heterocycles. The molecule has 3 aromatic rings. The fraction of sp³-hybridized carbons (Fsp3) is 0.208. The first-order chi connectivity index (χ1) is 15.0. The molecule has 0 aliphatic carbocycles. The molecule has 1 aliphatic heterocycles. The Morgan fingerprint density at radius 2 is 1.65 bits per heavy atom. The van der Waals surface area contributed by atoms with Gasteiger partial charge in [0.05, 0.1) is 18.0 Å². The third-order valence-electron chi connectivity index (χ3n) is 5.18. The van der Waals surface area contributed by atoms with Gasteiger partial charge in [-0.15, -0.1) is 0 Å². The molecule has 1 heterocycles. The van der Waals surface area contributed by atoms with E-state index >= 15 is 0 Å². The number of hydrogen-bond donors (Lipinski definition) is 1. The number of amides is 1. The van der Waals surface area contributed by atoms with E-state index in [9.17, 15) is 13.2 Å². The van der Waals surface area contributed by atoms with Gasteiger partial charge in [-0.3, -0.25) is 9.10 Å². The van der Waals surface area contributed by atoms with Crippen LogP contribution in [0.5, 0.6) is 5.75 Å². The summed E-state index contributed by atoms with van der Waals surface area (Å²) in [5, 5.41) is 2.83. The van der Waals surface area contributed by atoms with Crippen LogP contribution in [0.15, 0.2) is 78.9 Å². The van der Waals surface area contributed by atoms with Gasteiger partial charge in [-0.25, -0.2) is 8.42 Å². The van der Waals surface area contributed by atoms with Crippen molar-refractivity contribution in [3.63, 3.8) is 0 Å². The van der Waals surface area contributed by atoms with Crippen LogP contribution in [0.1, 0.15) is 18.1 Å². The van der Waals surface area contributed by atoms with Crippen molar-refractivity contribution in [3.05, 3.63) is 90.0 Å². The summed E-state index contributed by atoms with van der Waals surface area (Å²) >= 11 is 0. The number of fused-ring (bicyclic) bond motifs is 1. The number of aryl methyl sites for hydroxylation is 1. The van der Waals surface area contributed by atoms with E-state index in [2.05, 4.69) is 12.2 Å². The fourth-order valence-corrected chi connectivity index (χ4v) is 5.09. The Balaban J connectivity index is 1.58. The summed E-state index contributed by atoms with van der Waals surface area (Å²) in [6.45, 7) is 1.97. The van der Waals surface area contributed by atoms with E-state index in [1.54, 1.807) is 48.5 Å². The number of carbonyl (C=O) groups excluding carboxylic acids is 1. The van der Waals surface area contributed by atoms with Crippen LogP contribution in [0.4, 0.5) is 11.4 Å². The van der Waals surface area contributed by atoms with Gasteiger partial charge in [-0.1, -0.05) is 61.5 Å². The average molecular weight is 437 g/mol. The van der Waals surface area contributed by atoms with Gasteiger partial charge in [0, 0.05) is 5.69 Å². The summed E-state index contributed by atoms with van der Waals surface area (Å²) in [5.41, 5.74) is 2.93. The van der Waals surface area contributed by atoms with Gasteiger partial charge in [-0.05, 0) is 41.8 Å². The second-order valence-electron chi connectivity index (χ2n) is 7.39. The van der Waals surface area contributed by atoms with E-state index in [1.165, 1.54) is 9.87 Å². The van der Waals surface area contributed by atoms with E-state index in [0.29, 0.717) is 22.7 Å². The standard InChI is InChI=1S/C24H24N2O4S/c1-2-18-12-14-20(15-13-18)25-24(27)23-16-26(21-10-6-7-11-22(21)30-23)31(28,29)17-19-8-4-3-5-9-19/h3-15,23H,2,16-17H2,1H3,(H,25,27). The monoisotopic (exact) mass is 436 g/mol. The Hall–Kier alpha value is -3.32. The molecular formula is C24H24N2O4S. The number of anilines is 2. The third-order valence-corrected chi connectivity index (χ3v) is 6.90. The van der Waals surface area contributed by atoms with Crippen LogP contribution in [-0.2, 0) is 27.0 Å². The lowest BCUT2D eigenvalue weighted by atomic mass is 10.1. The van der Waals surface area contributed by atoms with Crippen LogP contribution in [0.2, 0.25) is 0 Å². The highest BCUT2D eigenvalue weighted by Gasteiger charge is 2.36. The van der Waals surface area contributed by atoms with Crippen LogP contribution in [-0.4, -0.2) is 27.0 Å². The molecule has 160 valence electrons. The van der Waals surface area contributed by atoms with Crippen LogP contribution in [0.3, 0.4) is 0 Å². The highest BCUT2D eigenvalue weighted by Crippen LogP contribution is 2.36. The van der Waals surface area contributed by atoms with Gasteiger partial charge in [0.15, 0.2) is 6.10 Å². The maximum absolute atomic E-state index is 13.3. The molecule has 1 N–H and O–H groups in total. The predicted molar refractivity (Wildman–Crippen MR) is 122 cm³/mol. The molecule has 0 fully saturated rings. The van der Waals surface area contributed by atoms with Gasteiger partial charge in [0.2, 0.25) is 10.0 Å². The SMILES string of the molecule is CCc1ccc(NC(=O)C2CN(S(=O)(=O)Cc3ccccc3)c3ccccc3O2)cc1. The van der Waals surface area contributed by atoms with Gasteiger partial charge < -0.3 is 10.1 Å². The maximum Gasteiger partial charge on any atom is 0.267 e. The molecule has 6 nitrogen and oxygen atoms in total. The van der Waals surface area contributed by atoms with Crippen molar-refractivity contribution >= 4 is 27.3 Å². The van der Waals surface area contributed by atoms with Crippen molar-refractivity contribution in [2.75, 3.05) is 16.2 Å². The molecule has 1 amide bonds. The molecule has 0 radical (unpaired) electrons. The third kappa shape index (κ3) is 4.72. The van der Waals surface area contributed by atoms with Crippen LogP contribution >= 0.6 is 0 Å². The lowest BCUT2D eigenvalue weighted by molar-refractivity contribution is -0.122. The number of nitrogens with zero attached hydrogens (tertiary/aromatic N) is 1. The number of para-hydroxylation sites is 2. The van der Waals surface area contributed by atoms with Crippen LogP contribution < -0.4 is 14.4 Å². The van der Waals surface area contributed by atoms with E-state index in [4.69, 9.17) is 4.74 Å². The second kappa shape index (κ2) is 8.81. The zero-order chi connectivity index (χ0) is 21.8. The first-order valence-electron chi connectivity index (χ1n) is 10.2. The highest BCUT2D eigenvalue weighted by atomic mass is 32.2. The average Bonchev–Trinajstić information content (AvgIpc) is 2.79. The predicted octanol–water partition coefficient (Wildman–Crippen LogP) is 3.99. The second-order valence-corrected chi connectivity index (χ2v) is 9.28. The number of ether oxygens (including phenoxy) is 1. The van der Waals surface area contributed by atoms with Gasteiger partial charge in [0.25, 0.3) is 5.91 Å². The van der Waals surface area contributed by atoms with E-state index in [-0.39, 0.29) is 12.3 Å². The molecule has 0 aromatic heterocycles. The Morgan fingerprint density at radius 1 is 0.968 bits per heavy atom. The molecule has 1 atom stereocenters. The molecule has 7 heteroatoms. The quantitative estimate of drug-likeness (QED) is 0.634. The topological polar surface area (TPSA) is 75.7 Å². The highest BCUT2D eigenvalue weighted by molar-refractivity contribution is 7.92. The molecule has 0 bridgehead atoms. The summed E-state index contributed by atoms with van der Waals surface area (Å²) in [6, 6.07) is 23.4. The van der Waals surface area contributed by atoms with Gasteiger partial charge >= 0.3 is 0 Å². The molecule has 0 saturated carbocycles. The molecule has 1 aliphatic rings. The van der Waals surface area contributed by atoms with Crippen molar-refractivity contribution in [3.8, 4) is 5.75 Å². The summed E-state index contributed by atoms with van der Waals surface area (Å²) in [7, 11) is -3.72. The lowest BCUT2D eigenvalue weighted by Gasteiger charge is -2.34. The van der Waals surface area contributed by atoms with E-state index in [0.717, 1.165) is 6.42 Å². The van der Waals surface area contributed by atoms with Crippen molar-refractivity contribution < 1.29 is 17.9 Å². The van der Waals surface area contributed by atoms with E-state index < -0.39 is 22.0 Å². The first-order valence-corrected chi connectivity index (χ1v) is 11.8. The fourth-order valence-electron chi connectivity index (χ4n) is 3.51. The van der Waals surface area contributed by atoms with E-state index in [1.807, 2.05) is 30.3 Å². The van der Waals surface area contributed by atoms with Crippen LogP contribution in [0.25, 0.3) is 0 Å². The zero-order valence-corrected chi connectivity index (χ0v) is 18.0. The van der Waals surface area contributed by atoms with Crippen molar-refractivity contribution in [1.82, 2.24) is 0 Å². The molecule has 1 unspecified atom stereocenters. The van der Waals surface area contributed by atoms with Gasteiger partial charge in [-0.2, -0.15) is 0 Å². The minimum Gasteiger partial charge on any atom is -0.476 e. The number of rotatable bonds is 6. The number of carbonyl (C=O) groups is 1. The summed E-state index contributed by atoms with van der Waals surface area (Å²) in [4.78, 5) is 12.9. The molecule has 0 spiro atoms. The Morgan fingerprint density at radius 3 is 2.35 bits per heavy atom. The number of hydrogen-bond acceptors (Lipinski definition) is 4.